The quantitative estimate of drug-likeness (QED) is 0.675. The van der Waals surface area contributed by atoms with Crippen LogP contribution in [0.5, 0.6) is 5.75 Å². The maximum absolute atomic E-state index is 10.1. The third kappa shape index (κ3) is 3.35. The highest BCUT2D eigenvalue weighted by molar-refractivity contribution is 7.80. The zero-order chi connectivity index (χ0) is 14.8. The van der Waals surface area contributed by atoms with Crippen LogP contribution >= 0.6 is 32.9 Å². The van der Waals surface area contributed by atoms with E-state index in [1.54, 1.807) is 26.7 Å². The summed E-state index contributed by atoms with van der Waals surface area (Å²) in [4.78, 5) is 3.53. The molecule has 1 N–H and O–H groups in total. The lowest BCUT2D eigenvalue weighted by atomic mass is 10.1. The third-order valence-corrected chi connectivity index (χ3v) is 7.06. The molecule has 3 rings (SSSR count). The fourth-order valence-electron chi connectivity index (χ4n) is 2.42. The molecule has 2 heterocycles. The largest absolute Gasteiger partial charge is 0.508 e. The van der Waals surface area contributed by atoms with Crippen LogP contribution in [0.25, 0.3) is 10.4 Å². The average molecular weight is 340 g/mol. The molecule has 0 unspecified atom stereocenters. The molecule has 0 radical (unpaired) electrons. The van der Waals surface area contributed by atoms with Crippen LogP contribution < -0.4 is 0 Å². The van der Waals surface area contributed by atoms with Gasteiger partial charge < -0.3 is 9.84 Å². The number of ether oxygens (including phenoxy) is 1. The van der Waals surface area contributed by atoms with Gasteiger partial charge in [0.2, 0.25) is 0 Å². The number of benzene rings is 1. The molecule has 1 saturated heterocycles. The second-order valence-corrected chi connectivity index (χ2v) is 7.96. The topological polar surface area (TPSA) is 32.7 Å². The van der Waals surface area contributed by atoms with Gasteiger partial charge in [0.05, 0.1) is 18.1 Å². The van der Waals surface area contributed by atoms with Crippen LogP contribution in [0.4, 0.5) is 0 Å². The molecule has 1 aliphatic heterocycles. The second kappa shape index (κ2) is 6.54. The summed E-state index contributed by atoms with van der Waals surface area (Å²) in [5.74, 6) is 0.363. The van der Waals surface area contributed by atoms with Gasteiger partial charge in [-0.2, -0.15) is 0 Å². The number of rotatable bonds is 3. The van der Waals surface area contributed by atoms with Gasteiger partial charge in [-0.05, 0) is 36.2 Å². The summed E-state index contributed by atoms with van der Waals surface area (Å²) in [5.41, 5.74) is 3.28. The standard InChI is InChI=1S/C15H17NO2S3/c1-10-14(20-21-15(10)19)11-2-3-13(17)12(8-11)9-16-4-6-18-7-5-16/h2-3,8,17H,4-7,9H2,1H3. The fourth-order valence-corrected chi connectivity index (χ4v) is 5.30. The van der Waals surface area contributed by atoms with Crippen LogP contribution in [0.15, 0.2) is 18.2 Å². The van der Waals surface area contributed by atoms with Crippen LogP contribution in [-0.2, 0) is 11.3 Å². The summed E-state index contributed by atoms with van der Waals surface area (Å²) in [7, 11) is 3.35. The lowest BCUT2D eigenvalue weighted by Gasteiger charge is -2.27. The van der Waals surface area contributed by atoms with Crippen LogP contribution in [0, 0.1) is 10.7 Å². The Balaban J connectivity index is 1.89. The number of phenols is 1. The molecule has 2 aromatic rings. The summed E-state index contributed by atoms with van der Waals surface area (Å²) >= 11 is 5.32. The number of nitrogens with zero attached hydrogens (tertiary/aromatic N) is 1. The third-order valence-electron chi connectivity index (χ3n) is 3.69. The van der Waals surface area contributed by atoms with E-state index in [9.17, 15) is 5.11 Å². The van der Waals surface area contributed by atoms with Gasteiger partial charge >= 0.3 is 0 Å². The Hall–Kier alpha value is -0.790. The molecule has 0 atom stereocenters. The highest BCUT2D eigenvalue weighted by Crippen LogP contribution is 2.36. The first-order chi connectivity index (χ1) is 10.1. The highest BCUT2D eigenvalue weighted by atomic mass is 32.9. The van der Waals surface area contributed by atoms with Gasteiger partial charge in [0, 0.05) is 25.2 Å². The van der Waals surface area contributed by atoms with Crippen LogP contribution in [-0.4, -0.2) is 36.3 Å². The number of morpholine rings is 1. The molecular weight excluding hydrogens is 322 g/mol. The van der Waals surface area contributed by atoms with Crippen LogP contribution in [0.1, 0.15) is 11.1 Å². The first kappa shape index (κ1) is 15.1. The van der Waals surface area contributed by atoms with Gasteiger partial charge in [0.15, 0.2) is 0 Å². The van der Waals surface area contributed by atoms with Crippen molar-refractivity contribution in [1.29, 1.82) is 0 Å². The Morgan fingerprint density at radius 3 is 2.71 bits per heavy atom. The zero-order valence-electron chi connectivity index (χ0n) is 11.8. The van der Waals surface area contributed by atoms with Gasteiger partial charge in [-0.3, -0.25) is 4.90 Å². The smallest absolute Gasteiger partial charge is 0.120 e. The molecule has 1 aromatic carbocycles. The molecule has 1 aromatic heterocycles. The molecule has 1 fully saturated rings. The highest BCUT2D eigenvalue weighted by Gasteiger charge is 2.14. The summed E-state index contributed by atoms with van der Waals surface area (Å²) in [6.07, 6.45) is 0. The van der Waals surface area contributed by atoms with E-state index in [1.165, 1.54) is 10.4 Å². The summed E-state index contributed by atoms with van der Waals surface area (Å²) in [6, 6.07) is 5.85. The lowest BCUT2D eigenvalue weighted by Crippen LogP contribution is -2.35. The normalized spacial score (nSPS) is 16.2. The van der Waals surface area contributed by atoms with Crippen molar-refractivity contribution in [3.63, 3.8) is 0 Å². The number of phenolic OH excluding ortho intramolecular Hbond substituents is 1. The van der Waals surface area contributed by atoms with Crippen molar-refractivity contribution in [2.24, 2.45) is 0 Å². The maximum Gasteiger partial charge on any atom is 0.120 e. The Kier molecular flexibility index (Phi) is 4.71. The van der Waals surface area contributed by atoms with E-state index in [0.29, 0.717) is 5.75 Å². The number of hydrogen-bond acceptors (Lipinski definition) is 6. The van der Waals surface area contributed by atoms with E-state index < -0.39 is 0 Å². The van der Waals surface area contributed by atoms with Crippen molar-refractivity contribution >= 4 is 32.9 Å². The Bertz CT molecular complexity index is 686. The van der Waals surface area contributed by atoms with Crippen molar-refractivity contribution in [2.45, 2.75) is 13.5 Å². The van der Waals surface area contributed by atoms with E-state index in [2.05, 4.69) is 17.9 Å². The SMILES string of the molecule is Cc1c(-c2ccc(O)c(CN3CCOCC3)c2)ssc1=S. The monoisotopic (exact) mass is 339 g/mol. The van der Waals surface area contributed by atoms with Gasteiger partial charge in [0.25, 0.3) is 0 Å². The summed E-state index contributed by atoms with van der Waals surface area (Å²) in [5, 5.41) is 10.1. The van der Waals surface area contributed by atoms with Crippen molar-refractivity contribution in [3.05, 3.63) is 33.1 Å². The Morgan fingerprint density at radius 2 is 2.05 bits per heavy atom. The summed E-state index contributed by atoms with van der Waals surface area (Å²) < 4.78 is 6.32. The van der Waals surface area contributed by atoms with Crippen molar-refractivity contribution in [3.8, 4) is 16.2 Å². The predicted octanol–water partition coefficient (Wildman–Crippen LogP) is 4.05. The molecule has 112 valence electrons. The van der Waals surface area contributed by atoms with Gasteiger partial charge in [-0.15, -0.1) is 0 Å². The molecule has 3 nitrogen and oxygen atoms in total. The molecule has 0 aliphatic carbocycles. The minimum absolute atomic E-state index is 0.363. The van der Waals surface area contributed by atoms with E-state index in [0.717, 1.165) is 47.8 Å². The van der Waals surface area contributed by atoms with Crippen molar-refractivity contribution in [2.75, 3.05) is 26.3 Å². The zero-order valence-corrected chi connectivity index (χ0v) is 14.2. The molecule has 0 bridgehead atoms. The maximum atomic E-state index is 10.1. The molecule has 0 saturated carbocycles. The van der Waals surface area contributed by atoms with E-state index in [1.807, 2.05) is 6.07 Å². The van der Waals surface area contributed by atoms with E-state index in [4.69, 9.17) is 17.0 Å². The lowest BCUT2D eigenvalue weighted by molar-refractivity contribution is 0.0339. The van der Waals surface area contributed by atoms with Gasteiger partial charge in [-0.25, -0.2) is 0 Å². The molecule has 21 heavy (non-hydrogen) atoms. The van der Waals surface area contributed by atoms with Gasteiger partial charge in [0.1, 0.15) is 9.57 Å². The fraction of sp³-hybridized carbons (Fsp3) is 0.400. The van der Waals surface area contributed by atoms with Crippen LogP contribution in [0.2, 0.25) is 0 Å². The van der Waals surface area contributed by atoms with Crippen molar-refractivity contribution < 1.29 is 9.84 Å². The minimum atomic E-state index is 0.363. The van der Waals surface area contributed by atoms with Crippen LogP contribution in [0.3, 0.4) is 0 Å². The minimum Gasteiger partial charge on any atom is -0.508 e. The van der Waals surface area contributed by atoms with E-state index >= 15 is 0 Å². The first-order valence-electron chi connectivity index (χ1n) is 6.87. The Labute approximate surface area is 136 Å². The second-order valence-electron chi connectivity index (χ2n) is 5.14. The molecule has 6 heteroatoms. The van der Waals surface area contributed by atoms with Gasteiger partial charge in [-0.1, -0.05) is 32.9 Å². The molecular formula is C15H17NO2S3. The Morgan fingerprint density at radius 1 is 1.29 bits per heavy atom. The molecule has 0 spiro atoms. The molecule has 0 amide bonds. The van der Waals surface area contributed by atoms with E-state index in [-0.39, 0.29) is 0 Å². The number of aromatic hydroxyl groups is 1. The number of hydrogen-bond donors (Lipinski definition) is 1. The molecule has 1 aliphatic rings. The first-order valence-corrected chi connectivity index (χ1v) is 9.43. The summed E-state index contributed by atoms with van der Waals surface area (Å²) in [6.45, 7) is 6.20. The average Bonchev–Trinajstić information content (AvgIpc) is 2.83. The predicted molar refractivity (Wildman–Crippen MR) is 91.0 cm³/mol. The van der Waals surface area contributed by atoms with Crippen molar-refractivity contribution in [1.82, 2.24) is 4.90 Å².